The van der Waals surface area contributed by atoms with Gasteiger partial charge in [0.15, 0.2) is 0 Å². The van der Waals surface area contributed by atoms with Crippen LogP contribution in [0.1, 0.15) is 32.3 Å². The quantitative estimate of drug-likeness (QED) is 0.648. The van der Waals surface area contributed by atoms with Gasteiger partial charge < -0.3 is 14.4 Å². The van der Waals surface area contributed by atoms with Crippen molar-refractivity contribution >= 4 is 12.1 Å². The van der Waals surface area contributed by atoms with Crippen molar-refractivity contribution < 1.29 is 14.4 Å². The maximum atomic E-state index is 10.7. The van der Waals surface area contributed by atoms with Gasteiger partial charge in [0.2, 0.25) is 0 Å². The summed E-state index contributed by atoms with van der Waals surface area (Å²) in [5.41, 5.74) is 1.87. The molecule has 17 heavy (non-hydrogen) atoms. The van der Waals surface area contributed by atoms with Crippen LogP contribution in [0.2, 0.25) is 0 Å². The number of hydrogen-bond donors (Lipinski definition) is 2. The average Bonchev–Trinajstić information content (AvgIpc) is 2.71. The van der Waals surface area contributed by atoms with Gasteiger partial charge in [0.05, 0.1) is 6.54 Å². The molecule has 92 valence electrons. The smallest absolute Gasteiger partial charge is 0.498 e. The molecule has 0 aliphatic carbocycles. The molecule has 1 aromatic rings. The van der Waals surface area contributed by atoms with Gasteiger partial charge >= 0.3 is 6.69 Å². The van der Waals surface area contributed by atoms with Crippen molar-refractivity contribution in [3.63, 3.8) is 0 Å². The normalized spacial score (nSPS) is 38.6. The van der Waals surface area contributed by atoms with E-state index >= 15 is 0 Å². The van der Waals surface area contributed by atoms with E-state index < -0.39 is 6.69 Å². The number of benzene rings is 1. The van der Waals surface area contributed by atoms with Crippen molar-refractivity contribution in [3.05, 3.63) is 29.8 Å². The van der Waals surface area contributed by atoms with Gasteiger partial charge in [-0.2, -0.15) is 0 Å². The lowest BCUT2D eigenvalue weighted by atomic mass is 9.61. The van der Waals surface area contributed by atoms with Gasteiger partial charge in [0, 0.05) is 24.9 Å². The molecule has 3 nitrogen and oxygen atoms in total. The maximum Gasteiger partial charge on any atom is 0.498 e. The molecule has 3 rings (SSSR count). The third-order valence-electron chi connectivity index (χ3n) is 5.23. The molecule has 1 aromatic carbocycles. The molecular formula is C13H20BNO2. The largest absolute Gasteiger partial charge is 0.524 e. The number of rotatable bonds is 0. The minimum Gasteiger partial charge on any atom is -0.524 e. The second kappa shape index (κ2) is 3.34. The molecule has 2 aliphatic heterocycles. The highest BCUT2D eigenvalue weighted by Gasteiger charge is 2.60. The molecule has 1 spiro atoms. The lowest BCUT2D eigenvalue weighted by Gasteiger charge is -2.53. The van der Waals surface area contributed by atoms with Crippen LogP contribution >= 0.6 is 0 Å². The Hall–Kier alpha value is -0.835. The summed E-state index contributed by atoms with van der Waals surface area (Å²) >= 11 is 0. The monoisotopic (exact) mass is 233 g/mol. The van der Waals surface area contributed by atoms with Crippen molar-refractivity contribution in [2.24, 2.45) is 0 Å². The molecule has 0 saturated carbocycles. The predicted octanol–water partition coefficient (Wildman–Crippen LogP) is 0.718. The lowest BCUT2D eigenvalue weighted by molar-refractivity contribution is -0.888. The molecule has 0 bridgehead atoms. The highest BCUT2D eigenvalue weighted by Crippen LogP contribution is 2.42. The van der Waals surface area contributed by atoms with Gasteiger partial charge in [-0.25, -0.2) is 0 Å². The Bertz CT molecular complexity index is 450. The van der Waals surface area contributed by atoms with Crippen LogP contribution in [0.5, 0.6) is 0 Å². The summed E-state index contributed by atoms with van der Waals surface area (Å²) in [6, 6.07) is 8.44. The van der Waals surface area contributed by atoms with E-state index in [4.69, 9.17) is 0 Å². The summed E-state index contributed by atoms with van der Waals surface area (Å²) < 4.78 is 0.458. The van der Waals surface area contributed by atoms with E-state index in [9.17, 15) is 10.0 Å². The van der Waals surface area contributed by atoms with Gasteiger partial charge in [-0.1, -0.05) is 29.7 Å². The minimum atomic E-state index is -2.46. The highest BCUT2D eigenvalue weighted by molar-refractivity contribution is 6.73. The van der Waals surface area contributed by atoms with Crippen LogP contribution < -0.4 is 5.46 Å². The van der Waals surface area contributed by atoms with Crippen LogP contribution in [0.15, 0.2) is 24.3 Å². The molecule has 4 heteroatoms. The third kappa shape index (κ3) is 1.18. The Labute approximate surface area is 102 Å². The van der Waals surface area contributed by atoms with Crippen molar-refractivity contribution in [2.45, 2.75) is 45.3 Å². The van der Waals surface area contributed by atoms with E-state index in [-0.39, 0.29) is 0 Å². The van der Waals surface area contributed by atoms with Gasteiger partial charge in [0.1, 0.15) is 0 Å². The molecule has 2 unspecified atom stereocenters. The summed E-state index contributed by atoms with van der Waals surface area (Å²) in [5.74, 6) is 0. The van der Waals surface area contributed by atoms with E-state index in [2.05, 4.69) is 13.8 Å². The Morgan fingerprint density at radius 3 is 2.29 bits per heavy atom. The van der Waals surface area contributed by atoms with Crippen molar-refractivity contribution in [3.8, 4) is 0 Å². The van der Waals surface area contributed by atoms with E-state index in [0.717, 1.165) is 30.4 Å². The van der Waals surface area contributed by atoms with Crippen LogP contribution in [0.25, 0.3) is 0 Å². The molecule has 3 atom stereocenters. The van der Waals surface area contributed by atoms with Crippen LogP contribution in [0, 0.1) is 0 Å². The van der Waals surface area contributed by atoms with Crippen LogP contribution in [-0.4, -0.2) is 33.2 Å². The summed E-state index contributed by atoms with van der Waals surface area (Å²) in [4.78, 5) is 0. The van der Waals surface area contributed by atoms with E-state index in [1.54, 1.807) is 0 Å². The van der Waals surface area contributed by atoms with Gasteiger partial charge in [0.25, 0.3) is 0 Å². The third-order valence-corrected chi connectivity index (χ3v) is 5.23. The second-order valence-corrected chi connectivity index (χ2v) is 5.86. The fourth-order valence-corrected chi connectivity index (χ4v) is 4.16. The Kier molecular flexibility index (Phi) is 2.22. The first kappa shape index (κ1) is 11.3. The second-order valence-electron chi connectivity index (χ2n) is 5.86. The topological polar surface area (TPSA) is 40.5 Å². The molecular weight excluding hydrogens is 213 g/mol. The fraction of sp³-hybridized carbons (Fsp3) is 0.538. The van der Waals surface area contributed by atoms with E-state index in [1.807, 2.05) is 24.3 Å². The lowest BCUT2D eigenvalue weighted by Crippen LogP contribution is -2.73. The number of nitrogens with zero attached hydrogens (tertiary/aromatic N) is 1. The molecule has 1 saturated heterocycles. The van der Waals surface area contributed by atoms with Crippen LogP contribution in [0.3, 0.4) is 0 Å². The zero-order valence-electron chi connectivity index (χ0n) is 10.5. The zero-order valence-corrected chi connectivity index (χ0v) is 10.5. The standard InChI is InChI=1S/C13H20BNO2/c1-10-7-8-11(2)15(10)9-12-5-3-4-6-13(12)14(15,16)17/h3-6,10-11,16-17H,7-9H2,1-2H3/t10-,11?,15?/m0/s1. The highest BCUT2D eigenvalue weighted by atomic mass is 16.4. The number of fused-ring (bicyclic) bond motifs is 1. The first-order valence-electron chi connectivity index (χ1n) is 6.55. The Morgan fingerprint density at radius 1 is 1.12 bits per heavy atom. The fourth-order valence-electron chi connectivity index (χ4n) is 4.16. The maximum absolute atomic E-state index is 10.7. The van der Waals surface area contributed by atoms with Crippen LogP contribution in [0.4, 0.5) is 0 Å². The van der Waals surface area contributed by atoms with E-state index in [0.29, 0.717) is 16.5 Å². The van der Waals surface area contributed by atoms with Crippen molar-refractivity contribution in [1.29, 1.82) is 0 Å². The Balaban J connectivity index is 2.18. The summed E-state index contributed by atoms with van der Waals surface area (Å²) in [6.07, 6.45) is 2.17. The molecule has 0 aromatic heterocycles. The van der Waals surface area contributed by atoms with Gasteiger partial charge in [-0.15, -0.1) is 0 Å². The minimum absolute atomic E-state index is 0.326. The molecule has 2 aliphatic rings. The van der Waals surface area contributed by atoms with E-state index in [1.165, 1.54) is 0 Å². The number of hydrogen-bond acceptors (Lipinski definition) is 2. The molecule has 0 amide bonds. The van der Waals surface area contributed by atoms with Crippen LogP contribution in [-0.2, 0) is 6.54 Å². The van der Waals surface area contributed by atoms with Crippen molar-refractivity contribution in [2.75, 3.05) is 0 Å². The first-order valence-corrected chi connectivity index (χ1v) is 6.55. The predicted molar refractivity (Wildman–Crippen MR) is 68.4 cm³/mol. The summed E-state index contributed by atoms with van der Waals surface area (Å²) in [6.45, 7) is 2.61. The first-order chi connectivity index (χ1) is 8.00. The Morgan fingerprint density at radius 2 is 1.71 bits per heavy atom. The summed E-state index contributed by atoms with van der Waals surface area (Å²) in [5, 5.41) is 21.5. The summed E-state index contributed by atoms with van der Waals surface area (Å²) in [7, 11) is 0. The van der Waals surface area contributed by atoms with Gasteiger partial charge in [-0.3, -0.25) is 0 Å². The van der Waals surface area contributed by atoms with Gasteiger partial charge in [-0.05, 0) is 19.4 Å². The van der Waals surface area contributed by atoms with Crippen molar-refractivity contribution in [1.82, 2.24) is 0 Å². The molecule has 2 N–H and O–H groups in total. The molecule has 1 fully saturated rings. The molecule has 0 radical (unpaired) electrons. The zero-order chi connectivity index (χ0) is 12.3. The SMILES string of the molecule is CC1CC[C@H](C)[N+]12Cc1ccccc1[B-]2(O)O. The molecule has 2 heterocycles. The number of quaternary nitrogens is 1. The average molecular weight is 233 g/mol.